The molecule has 3 N–H and O–H groups in total. The second-order valence-electron chi connectivity index (χ2n) is 12.0. The molecule has 2 bridgehead atoms. The van der Waals surface area contributed by atoms with Gasteiger partial charge < -0.3 is 20.1 Å². The molecule has 7 unspecified atom stereocenters. The summed E-state index contributed by atoms with van der Waals surface area (Å²) in [5.41, 5.74) is -0.611. The normalized spacial score (nSPS) is 28.4. The van der Waals surface area contributed by atoms with Crippen LogP contribution >= 0.6 is 23.1 Å². The van der Waals surface area contributed by atoms with Crippen LogP contribution in [0.15, 0.2) is 58.4 Å². The van der Waals surface area contributed by atoms with Gasteiger partial charge in [-0.25, -0.2) is 4.79 Å². The second-order valence-corrected chi connectivity index (χ2v) is 14.2. The number of thioether (sulfide) groups is 1. The number of hydrogen-bond acceptors (Lipinski definition) is 8. The van der Waals surface area contributed by atoms with Gasteiger partial charge in [0.15, 0.2) is 6.61 Å². The number of ether oxygens (including phenoxy) is 1. The van der Waals surface area contributed by atoms with Crippen LogP contribution in [0.1, 0.15) is 35.3 Å². The van der Waals surface area contributed by atoms with Crippen molar-refractivity contribution in [3.05, 3.63) is 74.2 Å². The van der Waals surface area contributed by atoms with Gasteiger partial charge in [0.2, 0.25) is 11.8 Å². The summed E-state index contributed by atoms with van der Waals surface area (Å²) < 4.78 is 45.8. The number of hydrogen-bond donors (Lipinski definition) is 3. The number of carbonyl (C=O) groups is 4. The predicted octanol–water partition coefficient (Wildman–Crippen LogP) is 4.42. The van der Waals surface area contributed by atoms with Crippen LogP contribution in [-0.4, -0.2) is 56.6 Å². The summed E-state index contributed by atoms with van der Waals surface area (Å²) in [5.74, 6) is -4.86. The number of carboxylic acids is 1. The topological polar surface area (TPSA) is 146 Å². The van der Waals surface area contributed by atoms with Gasteiger partial charge in [0.25, 0.3) is 5.91 Å². The lowest BCUT2D eigenvalue weighted by molar-refractivity contribution is -0.154. The summed E-state index contributed by atoms with van der Waals surface area (Å²) in [6, 6.07) is 10.2. The van der Waals surface area contributed by atoms with E-state index in [4.69, 9.17) is 4.74 Å². The molecule has 1 aromatic heterocycles. The highest BCUT2D eigenvalue weighted by Crippen LogP contribution is 2.68. The second kappa shape index (κ2) is 11.0. The van der Waals surface area contributed by atoms with E-state index in [0.717, 1.165) is 38.8 Å². The number of nitrogens with one attached hydrogen (secondary N) is 2. The number of imide groups is 1. The molecule has 8 atom stereocenters. The fourth-order valence-electron chi connectivity index (χ4n) is 7.88. The highest BCUT2D eigenvalue weighted by molar-refractivity contribution is 8.00. The summed E-state index contributed by atoms with van der Waals surface area (Å²) in [4.78, 5) is 68.2. The molecule has 3 heterocycles. The zero-order chi connectivity index (χ0) is 32.7. The minimum atomic E-state index is -4.65. The van der Waals surface area contributed by atoms with Gasteiger partial charge in [-0.15, -0.1) is 11.8 Å². The Morgan fingerprint density at radius 1 is 1.09 bits per heavy atom. The van der Waals surface area contributed by atoms with Gasteiger partial charge in [-0.2, -0.15) is 13.2 Å². The fraction of sp³-hybridized carbons (Fsp3) is 0.387. The molecule has 2 saturated carbocycles. The average Bonchev–Trinajstić information content (AvgIpc) is 3.74. The van der Waals surface area contributed by atoms with Crippen molar-refractivity contribution >= 4 is 52.5 Å². The number of likely N-dealkylation sites (tertiary alicyclic amines) is 1. The monoisotopic (exact) mass is 673 g/mol. The smallest absolute Gasteiger partial charge is 0.418 e. The van der Waals surface area contributed by atoms with E-state index in [-0.39, 0.29) is 45.2 Å². The number of fused-ring (bicyclic) bond motifs is 9. The predicted molar refractivity (Wildman–Crippen MR) is 159 cm³/mol. The number of alkyl halides is 3. The molecule has 3 amide bonds. The number of carboxylic acid groups (broad SMARTS) is 1. The Bertz CT molecular complexity index is 1840. The Labute approximate surface area is 267 Å². The van der Waals surface area contributed by atoms with Gasteiger partial charge in [-0.1, -0.05) is 35.6 Å². The molecule has 0 radical (unpaired) electrons. The summed E-state index contributed by atoms with van der Waals surface area (Å²) in [6.45, 7) is 0.766. The summed E-state index contributed by atoms with van der Waals surface area (Å²) in [7, 11) is 0. The lowest BCUT2D eigenvalue weighted by Gasteiger charge is -2.43. The molecule has 3 fully saturated rings. The van der Waals surface area contributed by atoms with E-state index < -0.39 is 59.9 Å². The van der Waals surface area contributed by atoms with Gasteiger partial charge in [0.1, 0.15) is 11.8 Å². The number of carbonyl (C=O) groups excluding carboxylic acids is 3. The van der Waals surface area contributed by atoms with Crippen LogP contribution in [-0.2, 0) is 25.4 Å². The van der Waals surface area contributed by atoms with Crippen LogP contribution in [0.5, 0.6) is 5.75 Å². The maximum Gasteiger partial charge on any atom is 0.418 e. The maximum atomic E-state index is 13.6. The van der Waals surface area contributed by atoms with Crippen LogP contribution in [0.25, 0.3) is 0 Å². The molecule has 240 valence electrons. The zero-order valence-electron chi connectivity index (χ0n) is 23.9. The van der Waals surface area contributed by atoms with Gasteiger partial charge in [0, 0.05) is 16.0 Å². The van der Waals surface area contributed by atoms with Gasteiger partial charge in [-0.3, -0.25) is 24.1 Å². The quantitative estimate of drug-likeness (QED) is 0.313. The number of anilines is 1. The highest BCUT2D eigenvalue weighted by Gasteiger charge is 2.70. The van der Waals surface area contributed by atoms with Crippen molar-refractivity contribution in [1.82, 2.24) is 9.88 Å². The number of H-pyrrole nitrogens is 1. The van der Waals surface area contributed by atoms with Crippen molar-refractivity contribution in [2.75, 3.05) is 11.9 Å². The zero-order valence-corrected chi connectivity index (χ0v) is 25.6. The Balaban J connectivity index is 1.16. The molecule has 2 aromatic carbocycles. The third kappa shape index (κ3) is 4.82. The van der Waals surface area contributed by atoms with E-state index >= 15 is 0 Å². The molecule has 10 nitrogen and oxygen atoms in total. The first kappa shape index (κ1) is 30.5. The van der Waals surface area contributed by atoms with E-state index in [2.05, 4.69) is 10.3 Å². The van der Waals surface area contributed by atoms with Gasteiger partial charge >= 0.3 is 17.0 Å². The number of aliphatic carboxylic acids is 1. The largest absolute Gasteiger partial charge is 0.484 e. The van der Waals surface area contributed by atoms with E-state index in [1.54, 1.807) is 18.2 Å². The van der Waals surface area contributed by atoms with E-state index in [0.29, 0.717) is 11.4 Å². The molecule has 3 aromatic rings. The molecule has 4 aliphatic rings. The molecule has 15 heteroatoms. The lowest BCUT2D eigenvalue weighted by Crippen LogP contribution is -2.44. The first-order valence-corrected chi connectivity index (χ1v) is 16.2. The van der Waals surface area contributed by atoms with Crippen molar-refractivity contribution in [2.24, 2.45) is 29.6 Å². The van der Waals surface area contributed by atoms with Gasteiger partial charge in [0.05, 0.1) is 28.1 Å². The highest BCUT2D eigenvalue weighted by atomic mass is 32.2. The average molecular weight is 674 g/mol. The fourth-order valence-corrected chi connectivity index (χ4v) is 10.8. The summed E-state index contributed by atoms with van der Waals surface area (Å²) >= 11 is 2.56. The summed E-state index contributed by atoms with van der Waals surface area (Å²) in [5, 5.41) is 12.4. The number of thiazole rings is 1. The van der Waals surface area contributed by atoms with Crippen LogP contribution in [0.4, 0.5) is 18.9 Å². The first-order valence-electron chi connectivity index (χ1n) is 14.5. The van der Waals surface area contributed by atoms with Crippen molar-refractivity contribution < 1.29 is 42.2 Å². The third-order valence-electron chi connectivity index (χ3n) is 9.60. The molecule has 2 aliphatic heterocycles. The number of nitrogens with zero attached hydrogens (tertiary/aromatic N) is 1. The first-order chi connectivity index (χ1) is 21.8. The minimum absolute atomic E-state index is 0.116. The molecule has 0 spiro atoms. The number of benzene rings is 2. The van der Waals surface area contributed by atoms with Crippen LogP contribution in [0.3, 0.4) is 0 Å². The number of para-hydroxylation sites is 1. The lowest BCUT2D eigenvalue weighted by atomic mass is 9.68. The van der Waals surface area contributed by atoms with E-state index in [1.165, 1.54) is 30.8 Å². The van der Waals surface area contributed by atoms with Crippen molar-refractivity contribution in [1.29, 1.82) is 0 Å². The Kier molecular flexibility index (Phi) is 7.31. The third-order valence-corrected chi connectivity index (χ3v) is 12.2. The van der Waals surface area contributed by atoms with Crippen LogP contribution in [0.2, 0.25) is 0 Å². The molecule has 2 aliphatic carbocycles. The molecule has 1 saturated heterocycles. The van der Waals surface area contributed by atoms with Gasteiger partial charge in [-0.05, 0) is 60.9 Å². The van der Waals surface area contributed by atoms with E-state index in [9.17, 15) is 42.3 Å². The minimum Gasteiger partial charge on any atom is -0.484 e. The Morgan fingerprint density at radius 3 is 2.52 bits per heavy atom. The van der Waals surface area contributed by atoms with E-state index in [1.807, 2.05) is 6.07 Å². The Morgan fingerprint density at radius 2 is 1.80 bits per heavy atom. The number of halogens is 3. The Hall–Kier alpha value is -4.11. The number of aromatic nitrogens is 1. The molecular formula is C31H26F3N3O7S2. The SMILES string of the molecule is CC(C(=O)O)N1C(=O)C2C3CC(C2C1=O)C1C3Sc2[nH]c(=O)sc2[C@@H]1c1cccc(OCC(=O)Nc2ccccc2C(F)(F)F)c1. The van der Waals surface area contributed by atoms with Crippen LogP contribution in [0, 0.1) is 29.6 Å². The molecule has 46 heavy (non-hydrogen) atoms. The number of aromatic amines is 1. The molecule has 7 rings (SSSR count). The van der Waals surface area contributed by atoms with Crippen molar-refractivity contribution in [3.8, 4) is 5.75 Å². The van der Waals surface area contributed by atoms with Crippen molar-refractivity contribution in [3.63, 3.8) is 0 Å². The maximum absolute atomic E-state index is 13.6. The molecular weight excluding hydrogens is 647 g/mol. The van der Waals surface area contributed by atoms with Crippen LogP contribution < -0.4 is 14.9 Å². The summed E-state index contributed by atoms with van der Waals surface area (Å²) in [6.07, 6.45) is -4.03. The number of rotatable bonds is 7. The number of amides is 3. The standard InChI is InChI=1S/C31H26F3N3O7S2/c1-12(29(41)42)37-27(39)22-15-10-16(23(22)28(37)40)24-21(15)20(25-26(45-24)36-30(43)46-25)13-5-4-6-14(9-13)44-11-19(38)35-18-8-3-2-7-17(18)31(32,33)34/h2-9,12,15-16,20-24H,10-11H2,1H3,(H,35,38)(H,36,43)(H,41,42)/t12?,15?,16?,20-,21?,22?,23?,24?/m1/s1. The van der Waals surface area contributed by atoms with Crippen molar-refractivity contribution in [2.45, 2.75) is 41.8 Å².